The van der Waals surface area contributed by atoms with Gasteiger partial charge >= 0.3 is 0 Å². The van der Waals surface area contributed by atoms with Crippen LogP contribution in [0.2, 0.25) is 5.02 Å². The van der Waals surface area contributed by atoms with E-state index in [0.29, 0.717) is 0 Å². The predicted octanol–water partition coefficient (Wildman–Crippen LogP) is 3.09. The molecule has 3 heteroatoms. The smallest absolute Gasteiger partial charge is 0.0991 e. The lowest BCUT2D eigenvalue weighted by atomic mass is 10.1. The first-order valence-corrected chi connectivity index (χ1v) is 4.96. The summed E-state index contributed by atoms with van der Waals surface area (Å²) in [7, 11) is 0. The van der Waals surface area contributed by atoms with Crippen molar-refractivity contribution < 1.29 is 0 Å². The maximum atomic E-state index is 5.93. The van der Waals surface area contributed by atoms with Crippen LogP contribution in [-0.2, 0) is 6.42 Å². The topological polar surface area (TPSA) is 17.8 Å². The van der Waals surface area contributed by atoms with E-state index in [4.69, 9.17) is 11.6 Å². The number of rotatable bonds is 2. The summed E-state index contributed by atoms with van der Waals surface area (Å²) in [6.45, 7) is 2.12. The molecule has 1 heterocycles. The normalized spacial score (nSPS) is 10.4. The number of aryl methyl sites for hydroxylation is 1. The van der Waals surface area contributed by atoms with Gasteiger partial charge in [0.2, 0.25) is 0 Å². The third-order valence-electron chi connectivity index (χ3n) is 2.21. The Kier molecular flexibility index (Phi) is 2.55. The number of hydrogen-bond donors (Lipinski definition) is 0. The van der Waals surface area contributed by atoms with E-state index >= 15 is 0 Å². The molecule has 2 rings (SSSR count). The Morgan fingerprint density at radius 3 is 2.93 bits per heavy atom. The summed E-state index contributed by atoms with van der Waals surface area (Å²) in [5, 5.41) is 0.783. The van der Waals surface area contributed by atoms with E-state index < -0.39 is 0 Å². The molecule has 0 N–H and O–H groups in total. The van der Waals surface area contributed by atoms with Crippen molar-refractivity contribution in [3.8, 4) is 5.69 Å². The summed E-state index contributed by atoms with van der Waals surface area (Å²) in [6, 6.07) is 5.91. The van der Waals surface area contributed by atoms with Gasteiger partial charge in [0, 0.05) is 23.1 Å². The van der Waals surface area contributed by atoms with Crippen molar-refractivity contribution in [2.24, 2.45) is 0 Å². The van der Waals surface area contributed by atoms with E-state index in [2.05, 4.69) is 11.9 Å². The molecule has 1 aromatic carbocycles. The molecule has 0 fully saturated rings. The van der Waals surface area contributed by atoms with Crippen molar-refractivity contribution in [1.29, 1.82) is 0 Å². The molecule has 0 amide bonds. The zero-order valence-corrected chi connectivity index (χ0v) is 8.70. The van der Waals surface area contributed by atoms with E-state index in [-0.39, 0.29) is 0 Å². The fourth-order valence-corrected chi connectivity index (χ4v) is 1.69. The highest BCUT2D eigenvalue weighted by Gasteiger charge is 2.02. The van der Waals surface area contributed by atoms with E-state index in [9.17, 15) is 0 Å². The van der Waals surface area contributed by atoms with Gasteiger partial charge in [-0.25, -0.2) is 4.98 Å². The van der Waals surface area contributed by atoms with Gasteiger partial charge in [0.1, 0.15) is 0 Å². The number of benzene rings is 1. The number of hydrogen-bond acceptors (Lipinski definition) is 1. The molecule has 0 aliphatic heterocycles. The van der Waals surface area contributed by atoms with Crippen molar-refractivity contribution in [3.63, 3.8) is 0 Å². The van der Waals surface area contributed by atoms with Gasteiger partial charge in [-0.2, -0.15) is 0 Å². The number of halogens is 1. The second-order valence-electron chi connectivity index (χ2n) is 3.10. The highest BCUT2D eigenvalue weighted by molar-refractivity contribution is 6.30. The molecular formula is C11H11ClN2. The van der Waals surface area contributed by atoms with E-state index in [1.54, 1.807) is 12.5 Å². The van der Waals surface area contributed by atoms with Gasteiger partial charge in [0.25, 0.3) is 0 Å². The fraction of sp³-hybridized carbons (Fsp3) is 0.182. The molecule has 0 aliphatic carbocycles. The molecule has 0 atom stereocenters. The third kappa shape index (κ3) is 1.66. The predicted molar refractivity (Wildman–Crippen MR) is 58.0 cm³/mol. The average Bonchev–Trinajstić information content (AvgIpc) is 2.70. The van der Waals surface area contributed by atoms with Gasteiger partial charge in [0.15, 0.2) is 0 Å². The number of imidazole rings is 1. The summed E-state index contributed by atoms with van der Waals surface area (Å²) in [5.41, 5.74) is 2.38. The molecule has 0 spiro atoms. The van der Waals surface area contributed by atoms with Gasteiger partial charge in [-0.1, -0.05) is 18.5 Å². The zero-order valence-electron chi connectivity index (χ0n) is 7.94. The lowest BCUT2D eigenvalue weighted by molar-refractivity contribution is 1.00. The van der Waals surface area contributed by atoms with Crippen molar-refractivity contribution in [2.75, 3.05) is 0 Å². The van der Waals surface area contributed by atoms with Crippen LogP contribution in [0.25, 0.3) is 5.69 Å². The SMILES string of the molecule is CCc1cc(Cl)ccc1-n1ccnc1. The largest absolute Gasteiger partial charge is 0.306 e. The Morgan fingerprint density at radius 1 is 1.43 bits per heavy atom. The molecule has 0 aliphatic rings. The van der Waals surface area contributed by atoms with Crippen LogP contribution in [0.5, 0.6) is 0 Å². The molecular weight excluding hydrogens is 196 g/mol. The summed E-state index contributed by atoms with van der Waals surface area (Å²) in [4.78, 5) is 4.03. The van der Waals surface area contributed by atoms with Crippen LogP contribution < -0.4 is 0 Å². The second kappa shape index (κ2) is 3.84. The molecule has 0 unspecified atom stereocenters. The van der Waals surface area contributed by atoms with E-state index in [1.807, 2.05) is 29.0 Å². The van der Waals surface area contributed by atoms with Crippen LogP contribution in [0.4, 0.5) is 0 Å². The summed E-state index contributed by atoms with van der Waals surface area (Å²) in [5.74, 6) is 0. The van der Waals surface area contributed by atoms with Crippen LogP contribution in [0.3, 0.4) is 0 Å². The highest BCUT2D eigenvalue weighted by Crippen LogP contribution is 2.19. The Balaban J connectivity index is 2.53. The molecule has 14 heavy (non-hydrogen) atoms. The van der Waals surface area contributed by atoms with Gasteiger partial charge < -0.3 is 4.57 Å². The first-order chi connectivity index (χ1) is 6.81. The maximum Gasteiger partial charge on any atom is 0.0991 e. The summed E-state index contributed by atoms with van der Waals surface area (Å²) in [6.07, 6.45) is 6.47. The minimum atomic E-state index is 0.783. The molecule has 2 aromatic rings. The van der Waals surface area contributed by atoms with Crippen molar-refractivity contribution in [1.82, 2.24) is 9.55 Å². The highest BCUT2D eigenvalue weighted by atomic mass is 35.5. The Hall–Kier alpha value is -1.28. The van der Waals surface area contributed by atoms with E-state index in [1.165, 1.54) is 5.56 Å². The molecule has 0 saturated heterocycles. The number of aromatic nitrogens is 2. The average molecular weight is 207 g/mol. The first-order valence-electron chi connectivity index (χ1n) is 4.58. The lowest BCUT2D eigenvalue weighted by Crippen LogP contribution is -1.95. The van der Waals surface area contributed by atoms with Crippen molar-refractivity contribution in [3.05, 3.63) is 47.5 Å². The van der Waals surface area contributed by atoms with Crippen molar-refractivity contribution >= 4 is 11.6 Å². The van der Waals surface area contributed by atoms with Crippen LogP contribution in [0, 0.1) is 0 Å². The first kappa shape index (κ1) is 9.28. The quantitative estimate of drug-likeness (QED) is 0.739. The van der Waals surface area contributed by atoms with E-state index in [0.717, 1.165) is 17.1 Å². The molecule has 0 saturated carbocycles. The summed E-state index contributed by atoms with van der Waals surface area (Å²) >= 11 is 5.93. The molecule has 0 bridgehead atoms. The van der Waals surface area contributed by atoms with Crippen LogP contribution in [0.1, 0.15) is 12.5 Å². The minimum Gasteiger partial charge on any atom is -0.306 e. The Bertz CT molecular complexity index is 421. The van der Waals surface area contributed by atoms with Crippen LogP contribution >= 0.6 is 11.6 Å². The lowest BCUT2D eigenvalue weighted by Gasteiger charge is -2.08. The zero-order chi connectivity index (χ0) is 9.97. The van der Waals surface area contributed by atoms with Gasteiger partial charge in [0.05, 0.1) is 6.33 Å². The van der Waals surface area contributed by atoms with Crippen LogP contribution in [-0.4, -0.2) is 9.55 Å². The van der Waals surface area contributed by atoms with Crippen molar-refractivity contribution in [2.45, 2.75) is 13.3 Å². The maximum absolute atomic E-state index is 5.93. The van der Waals surface area contributed by atoms with Gasteiger partial charge in [-0.3, -0.25) is 0 Å². The van der Waals surface area contributed by atoms with Crippen LogP contribution in [0.15, 0.2) is 36.9 Å². The molecule has 2 nitrogen and oxygen atoms in total. The second-order valence-corrected chi connectivity index (χ2v) is 3.53. The summed E-state index contributed by atoms with van der Waals surface area (Å²) < 4.78 is 2.00. The van der Waals surface area contributed by atoms with Gasteiger partial charge in [-0.15, -0.1) is 0 Å². The Morgan fingerprint density at radius 2 is 2.29 bits per heavy atom. The monoisotopic (exact) mass is 206 g/mol. The number of nitrogens with zero attached hydrogens (tertiary/aromatic N) is 2. The standard InChI is InChI=1S/C11H11ClN2/c1-2-9-7-10(12)3-4-11(9)14-6-5-13-8-14/h3-8H,2H2,1H3. The minimum absolute atomic E-state index is 0.783. The fourth-order valence-electron chi connectivity index (χ4n) is 1.49. The third-order valence-corrected chi connectivity index (χ3v) is 2.44. The molecule has 72 valence electrons. The molecule has 1 aromatic heterocycles. The Labute approximate surface area is 88.2 Å². The molecule has 0 radical (unpaired) electrons. The van der Waals surface area contributed by atoms with Gasteiger partial charge in [-0.05, 0) is 30.2 Å².